The first-order valence-electron chi connectivity index (χ1n) is 7.81. The molecule has 0 aromatic heterocycles. The van der Waals surface area contributed by atoms with Gasteiger partial charge in [0.25, 0.3) is 0 Å². The average molecular weight is 471 g/mol. The van der Waals surface area contributed by atoms with Crippen molar-refractivity contribution in [1.82, 2.24) is 0 Å². The topological polar surface area (TPSA) is 57.1 Å². The van der Waals surface area contributed by atoms with Crippen molar-refractivity contribution >= 4 is 56.9 Å². The van der Waals surface area contributed by atoms with E-state index in [1.165, 1.54) is 7.11 Å². The van der Waals surface area contributed by atoms with Gasteiger partial charge in [-0.15, -0.1) is 0 Å². The van der Waals surface area contributed by atoms with Gasteiger partial charge in [-0.2, -0.15) is 0 Å². The second-order valence-corrected chi connectivity index (χ2v) is 7.37. The quantitative estimate of drug-likeness (QED) is 0.418. The number of carbonyl (C=O) groups is 1. The predicted molar refractivity (Wildman–Crippen MR) is 109 cm³/mol. The number of rotatable bonds is 5. The molecule has 8 heteroatoms. The third-order valence-electron chi connectivity index (χ3n) is 3.83. The van der Waals surface area contributed by atoms with Crippen LogP contribution in [0.15, 0.2) is 45.5 Å². The monoisotopic (exact) mass is 469 g/mol. The van der Waals surface area contributed by atoms with Crippen molar-refractivity contribution in [3.05, 3.63) is 61.5 Å². The lowest BCUT2D eigenvalue weighted by Gasteiger charge is -2.14. The van der Waals surface area contributed by atoms with Gasteiger partial charge in [0.2, 0.25) is 0 Å². The van der Waals surface area contributed by atoms with Gasteiger partial charge in [-0.05, 0) is 58.8 Å². The van der Waals surface area contributed by atoms with E-state index in [2.05, 4.69) is 25.9 Å². The Morgan fingerprint density at radius 3 is 2.67 bits per heavy atom. The maximum Gasteiger partial charge on any atom is 0.367 e. The van der Waals surface area contributed by atoms with E-state index in [-0.39, 0.29) is 6.61 Å². The van der Waals surface area contributed by atoms with Crippen LogP contribution >= 0.6 is 39.1 Å². The third kappa shape index (κ3) is 4.46. The van der Waals surface area contributed by atoms with E-state index in [0.717, 1.165) is 11.1 Å². The van der Waals surface area contributed by atoms with Crippen molar-refractivity contribution in [3.8, 4) is 11.5 Å². The summed E-state index contributed by atoms with van der Waals surface area (Å²) in [5, 5.41) is 4.75. The normalized spacial score (nSPS) is 14.9. The minimum absolute atomic E-state index is 0.240. The van der Waals surface area contributed by atoms with E-state index in [9.17, 15) is 4.79 Å². The highest BCUT2D eigenvalue weighted by Gasteiger charge is 2.22. The van der Waals surface area contributed by atoms with Gasteiger partial charge in [0.05, 0.1) is 22.9 Å². The number of benzene rings is 2. The summed E-state index contributed by atoms with van der Waals surface area (Å²) < 4.78 is 12.0. The number of carbonyl (C=O) groups excluding carboxylic acids is 1. The number of oxime groups is 1. The van der Waals surface area contributed by atoms with Crippen LogP contribution in [0.25, 0.3) is 6.08 Å². The number of methoxy groups -OCH3 is 1. The van der Waals surface area contributed by atoms with E-state index in [1.54, 1.807) is 37.3 Å². The molecule has 0 amide bonds. The lowest BCUT2D eigenvalue weighted by molar-refractivity contribution is -0.136. The van der Waals surface area contributed by atoms with E-state index < -0.39 is 5.97 Å². The van der Waals surface area contributed by atoms with Crippen molar-refractivity contribution in [2.45, 2.75) is 13.5 Å². The summed E-state index contributed by atoms with van der Waals surface area (Å²) in [6.07, 6.45) is 1.68. The molecule has 0 fully saturated rings. The number of nitrogens with zero attached hydrogens (tertiary/aromatic N) is 1. The van der Waals surface area contributed by atoms with Crippen LogP contribution in [0.1, 0.15) is 18.1 Å². The third-order valence-corrected chi connectivity index (χ3v) is 5.00. The van der Waals surface area contributed by atoms with Crippen LogP contribution in [0.5, 0.6) is 11.5 Å². The zero-order chi connectivity index (χ0) is 19.6. The van der Waals surface area contributed by atoms with Gasteiger partial charge in [-0.3, -0.25) is 0 Å². The Morgan fingerprint density at radius 1 is 1.26 bits per heavy atom. The molecule has 0 N–H and O–H groups in total. The van der Waals surface area contributed by atoms with Crippen molar-refractivity contribution in [2.24, 2.45) is 5.16 Å². The smallest absolute Gasteiger partial charge is 0.367 e. The second kappa shape index (κ2) is 8.33. The molecule has 3 rings (SSSR count). The standard InChI is InChI=1S/C19H14BrCl2NO4/c1-10-14(19(24)27-23-10)5-11-6-15(20)18(17(7-11)25-2)26-9-12-3-4-13(21)8-16(12)22/h3-8H,9H2,1-2H3/b14-5+. The molecule has 0 radical (unpaired) electrons. The Labute approximate surface area is 174 Å². The summed E-state index contributed by atoms with van der Waals surface area (Å²) in [7, 11) is 1.54. The fourth-order valence-corrected chi connectivity index (χ4v) is 3.48. The summed E-state index contributed by atoms with van der Waals surface area (Å²) in [6.45, 7) is 1.94. The van der Waals surface area contributed by atoms with Gasteiger partial charge in [-0.25, -0.2) is 4.79 Å². The Balaban J connectivity index is 1.87. The number of hydrogen-bond acceptors (Lipinski definition) is 5. The van der Waals surface area contributed by atoms with Gasteiger partial charge < -0.3 is 14.3 Å². The van der Waals surface area contributed by atoms with Crippen LogP contribution in [0, 0.1) is 0 Å². The largest absolute Gasteiger partial charge is 0.493 e. The summed E-state index contributed by atoms with van der Waals surface area (Å²) in [6, 6.07) is 8.78. The van der Waals surface area contributed by atoms with Gasteiger partial charge in [0.15, 0.2) is 11.5 Å². The zero-order valence-electron chi connectivity index (χ0n) is 14.4. The van der Waals surface area contributed by atoms with E-state index in [0.29, 0.717) is 37.3 Å². The molecular weight excluding hydrogens is 457 g/mol. The van der Waals surface area contributed by atoms with E-state index in [1.807, 2.05) is 6.07 Å². The Bertz CT molecular complexity index is 972. The van der Waals surface area contributed by atoms with E-state index in [4.69, 9.17) is 32.7 Å². The van der Waals surface area contributed by atoms with Crippen molar-refractivity contribution in [3.63, 3.8) is 0 Å². The minimum Gasteiger partial charge on any atom is -0.493 e. The first kappa shape index (κ1) is 19.7. The molecule has 1 aliphatic heterocycles. The molecule has 0 spiro atoms. The van der Waals surface area contributed by atoms with Gasteiger partial charge in [0, 0.05) is 15.6 Å². The average Bonchev–Trinajstić information content (AvgIpc) is 2.93. The predicted octanol–water partition coefficient (Wildman–Crippen LogP) is 5.66. The van der Waals surface area contributed by atoms with Crippen LogP contribution in [0.4, 0.5) is 0 Å². The molecule has 1 heterocycles. The van der Waals surface area contributed by atoms with Crippen LogP contribution in [0.3, 0.4) is 0 Å². The van der Waals surface area contributed by atoms with Crippen LogP contribution < -0.4 is 9.47 Å². The Morgan fingerprint density at radius 2 is 2.04 bits per heavy atom. The molecule has 0 saturated carbocycles. The lowest BCUT2D eigenvalue weighted by atomic mass is 10.1. The minimum atomic E-state index is -0.486. The SMILES string of the molecule is COc1cc(/C=C2/C(=O)ON=C2C)cc(Br)c1OCc1ccc(Cl)cc1Cl. The molecule has 0 atom stereocenters. The summed E-state index contributed by atoms with van der Waals surface area (Å²) in [4.78, 5) is 16.4. The highest BCUT2D eigenvalue weighted by atomic mass is 79.9. The first-order valence-corrected chi connectivity index (χ1v) is 9.36. The lowest BCUT2D eigenvalue weighted by Crippen LogP contribution is -2.02. The van der Waals surface area contributed by atoms with Gasteiger partial charge >= 0.3 is 5.97 Å². The summed E-state index contributed by atoms with van der Waals surface area (Å²) >= 11 is 15.6. The molecule has 1 aliphatic rings. The Hall–Kier alpha value is -2.02. The van der Waals surface area contributed by atoms with Crippen molar-refractivity contribution in [2.75, 3.05) is 7.11 Å². The molecule has 5 nitrogen and oxygen atoms in total. The van der Waals surface area contributed by atoms with Crippen molar-refractivity contribution < 1.29 is 19.1 Å². The zero-order valence-corrected chi connectivity index (χ0v) is 17.5. The molecule has 140 valence electrons. The molecule has 2 aromatic carbocycles. The molecule has 0 saturated heterocycles. The van der Waals surface area contributed by atoms with Crippen LogP contribution in [0.2, 0.25) is 10.0 Å². The molecule has 0 unspecified atom stereocenters. The van der Waals surface area contributed by atoms with E-state index >= 15 is 0 Å². The molecular formula is C19H14BrCl2NO4. The van der Waals surface area contributed by atoms with Crippen molar-refractivity contribution in [1.29, 1.82) is 0 Å². The summed E-state index contributed by atoms with van der Waals surface area (Å²) in [5.41, 5.74) is 2.44. The Kier molecular flexibility index (Phi) is 6.09. The highest BCUT2D eigenvalue weighted by molar-refractivity contribution is 9.10. The van der Waals surface area contributed by atoms with Crippen LogP contribution in [-0.4, -0.2) is 18.8 Å². The molecule has 0 aliphatic carbocycles. The number of halogens is 3. The maximum atomic E-state index is 11.7. The first-order chi connectivity index (χ1) is 12.9. The second-order valence-electron chi connectivity index (χ2n) is 5.67. The fraction of sp³-hybridized carbons (Fsp3) is 0.158. The highest BCUT2D eigenvalue weighted by Crippen LogP contribution is 2.38. The molecule has 27 heavy (non-hydrogen) atoms. The van der Waals surface area contributed by atoms with Crippen LogP contribution in [-0.2, 0) is 16.2 Å². The summed E-state index contributed by atoms with van der Waals surface area (Å²) in [5.74, 6) is 0.535. The maximum absolute atomic E-state index is 11.7. The number of ether oxygens (including phenoxy) is 2. The van der Waals surface area contributed by atoms with Gasteiger partial charge in [0.1, 0.15) is 6.61 Å². The molecule has 0 bridgehead atoms. The fourth-order valence-electron chi connectivity index (χ4n) is 2.44. The van der Waals surface area contributed by atoms with Gasteiger partial charge in [-0.1, -0.05) is 34.4 Å². The number of hydrogen-bond donors (Lipinski definition) is 0. The molecule has 2 aromatic rings.